The van der Waals surface area contributed by atoms with E-state index in [-0.39, 0.29) is 5.91 Å². The van der Waals surface area contributed by atoms with E-state index >= 15 is 0 Å². The van der Waals surface area contributed by atoms with Gasteiger partial charge in [-0.1, -0.05) is 37.0 Å². The zero-order valence-corrected chi connectivity index (χ0v) is 21.7. The summed E-state index contributed by atoms with van der Waals surface area (Å²) in [5, 5.41) is 7.89. The van der Waals surface area contributed by atoms with Gasteiger partial charge in [-0.3, -0.25) is 9.69 Å². The summed E-state index contributed by atoms with van der Waals surface area (Å²) < 4.78 is 1.07. The highest BCUT2D eigenvalue weighted by molar-refractivity contribution is 7.22. The molecule has 2 saturated heterocycles. The number of nitrogens with one attached hydrogen (secondary N) is 2. The van der Waals surface area contributed by atoms with Gasteiger partial charge in [-0.05, 0) is 63.4 Å². The van der Waals surface area contributed by atoms with Crippen molar-refractivity contribution in [3.63, 3.8) is 0 Å². The fourth-order valence-corrected chi connectivity index (χ4v) is 6.55. The van der Waals surface area contributed by atoms with Crippen molar-refractivity contribution in [2.45, 2.75) is 76.8 Å². The molecule has 1 aromatic carbocycles. The fourth-order valence-electron chi connectivity index (χ4n) is 5.65. The minimum atomic E-state index is 0.206. The minimum Gasteiger partial charge on any atom is -0.351 e. The molecule has 1 saturated carbocycles. The van der Waals surface area contributed by atoms with Crippen LogP contribution in [0, 0.1) is 0 Å². The van der Waals surface area contributed by atoms with Gasteiger partial charge in [0.2, 0.25) is 11.9 Å². The van der Waals surface area contributed by atoms with E-state index < -0.39 is 0 Å². The lowest BCUT2D eigenvalue weighted by Gasteiger charge is -2.27. The number of nitrogens with zero attached hydrogens (tertiary/aromatic N) is 5. The number of amides is 1. The first-order chi connectivity index (χ1) is 17.7. The molecular weight excluding hydrogens is 470 g/mol. The first-order valence-corrected chi connectivity index (χ1v) is 14.4. The quantitative estimate of drug-likeness (QED) is 0.427. The van der Waals surface area contributed by atoms with Crippen molar-refractivity contribution in [1.82, 2.24) is 19.9 Å². The van der Waals surface area contributed by atoms with Crippen LogP contribution in [0.4, 0.5) is 22.6 Å². The maximum absolute atomic E-state index is 12.2. The fraction of sp³-hybridized carbons (Fsp3) is 0.556. The Kier molecular flexibility index (Phi) is 7.01. The third-order valence-electron chi connectivity index (χ3n) is 7.54. The molecule has 3 aliphatic rings. The molecular formula is C27H35N7OS. The van der Waals surface area contributed by atoms with Gasteiger partial charge in [-0.15, -0.1) is 0 Å². The van der Waals surface area contributed by atoms with Crippen molar-refractivity contribution < 1.29 is 4.79 Å². The van der Waals surface area contributed by atoms with Gasteiger partial charge in [0.25, 0.3) is 0 Å². The molecule has 4 heterocycles. The van der Waals surface area contributed by atoms with Crippen LogP contribution in [0.5, 0.6) is 0 Å². The number of rotatable bonds is 7. The number of fused-ring (bicyclic) bond motifs is 1. The summed E-state index contributed by atoms with van der Waals surface area (Å²) >= 11 is 1.60. The van der Waals surface area contributed by atoms with Crippen LogP contribution in [0.1, 0.15) is 69.9 Å². The zero-order chi connectivity index (χ0) is 24.3. The van der Waals surface area contributed by atoms with Gasteiger partial charge >= 0.3 is 0 Å². The standard InChI is InChI=1S/C27H35N7OS/c35-25-10-7-15-34(25)21-11-12-22-23(17-21)36-27(30-22)32-24-16-20(18-33-13-5-2-6-14-33)29-26(31-24)28-19-8-3-1-4-9-19/h11-12,16-17,19H,1-10,13-15,18H2,(H2,28,29,30,31,32). The number of likely N-dealkylation sites (tertiary alicyclic amines) is 1. The van der Waals surface area contributed by atoms with E-state index in [2.05, 4.69) is 27.7 Å². The lowest BCUT2D eigenvalue weighted by Crippen LogP contribution is -2.30. The van der Waals surface area contributed by atoms with E-state index in [4.69, 9.17) is 15.0 Å². The van der Waals surface area contributed by atoms with Crippen LogP contribution in [-0.2, 0) is 11.3 Å². The predicted octanol–water partition coefficient (Wildman–Crippen LogP) is 5.69. The van der Waals surface area contributed by atoms with Gasteiger partial charge in [-0.2, -0.15) is 4.98 Å². The summed E-state index contributed by atoms with van der Waals surface area (Å²) in [6.07, 6.45) is 11.7. The molecule has 2 aliphatic heterocycles. The number of aromatic nitrogens is 3. The van der Waals surface area contributed by atoms with Crippen molar-refractivity contribution >= 4 is 50.0 Å². The maximum atomic E-state index is 12.2. The average Bonchev–Trinajstić information content (AvgIpc) is 3.50. The molecule has 0 spiro atoms. The lowest BCUT2D eigenvalue weighted by atomic mass is 9.96. The number of thiazole rings is 1. The molecule has 1 amide bonds. The summed E-state index contributed by atoms with van der Waals surface area (Å²) in [5.41, 5.74) is 2.94. The van der Waals surface area contributed by atoms with Crippen LogP contribution >= 0.6 is 11.3 Å². The van der Waals surface area contributed by atoms with Gasteiger partial charge in [0, 0.05) is 37.3 Å². The Bertz CT molecular complexity index is 1180. The van der Waals surface area contributed by atoms with Gasteiger partial charge in [0.1, 0.15) is 5.82 Å². The number of hydrogen-bond acceptors (Lipinski definition) is 8. The van der Waals surface area contributed by atoms with E-state index in [1.54, 1.807) is 11.3 Å². The van der Waals surface area contributed by atoms with E-state index in [9.17, 15) is 4.79 Å². The van der Waals surface area contributed by atoms with Crippen LogP contribution in [0.15, 0.2) is 24.3 Å². The van der Waals surface area contributed by atoms with Gasteiger partial charge < -0.3 is 15.5 Å². The largest absolute Gasteiger partial charge is 0.351 e. The van der Waals surface area contributed by atoms with Crippen molar-refractivity contribution in [1.29, 1.82) is 0 Å². The molecule has 0 atom stereocenters. The van der Waals surface area contributed by atoms with Crippen molar-refractivity contribution in [3.05, 3.63) is 30.0 Å². The van der Waals surface area contributed by atoms with E-state index in [1.807, 2.05) is 17.0 Å². The monoisotopic (exact) mass is 505 g/mol. The molecule has 0 radical (unpaired) electrons. The van der Waals surface area contributed by atoms with Crippen molar-refractivity contribution in [2.75, 3.05) is 35.2 Å². The average molecular weight is 506 g/mol. The highest BCUT2D eigenvalue weighted by atomic mass is 32.1. The van der Waals surface area contributed by atoms with Crippen LogP contribution < -0.4 is 15.5 Å². The van der Waals surface area contributed by atoms with Gasteiger partial charge in [0.15, 0.2) is 5.13 Å². The highest BCUT2D eigenvalue weighted by Gasteiger charge is 2.22. The van der Waals surface area contributed by atoms with Crippen LogP contribution in [0.2, 0.25) is 0 Å². The molecule has 3 fully saturated rings. The molecule has 3 aromatic rings. The Labute approximate surface area is 216 Å². The molecule has 36 heavy (non-hydrogen) atoms. The molecule has 8 nitrogen and oxygen atoms in total. The number of benzene rings is 1. The topological polar surface area (TPSA) is 86.3 Å². The third kappa shape index (κ3) is 5.47. The Morgan fingerprint density at radius 1 is 0.917 bits per heavy atom. The number of carbonyl (C=O) groups excluding carboxylic acids is 1. The second-order valence-corrected chi connectivity index (χ2v) is 11.4. The third-order valence-corrected chi connectivity index (χ3v) is 8.48. The first-order valence-electron chi connectivity index (χ1n) is 13.5. The van der Waals surface area contributed by atoms with E-state index in [0.717, 1.165) is 71.1 Å². The second kappa shape index (κ2) is 10.7. The number of hydrogen-bond donors (Lipinski definition) is 2. The normalized spacial score (nSPS) is 19.8. The van der Waals surface area contributed by atoms with Crippen LogP contribution in [0.25, 0.3) is 10.2 Å². The Hall–Kier alpha value is -2.78. The molecule has 2 aromatic heterocycles. The summed E-state index contributed by atoms with van der Waals surface area (Å²) in [7, 11) is 0. The first kappa shape index (κ1) is 23.6. The van der Waals surface area contributed by atoms with Gasteiger partial charge in [0.05, 0.1) is 15.9 Å². The Morgan fingerprint density at radius 2 is 1.75 bits per heavy atom. The highest BCUT2D eigenvalue weighted by Crippen LogP contribution is 2.33. The number of piperidine rings is 1. The lowest BCUT2D eigenvalue weighted by molar-refractivity contribution is -0.117. The summed E-state index contributed by atoms with van der Waals surface area (Å²) in [6.45, 7) is 3.92. The van der Waals surface area contributed by atoms with Crippen LogP contribution in [-0.4, -0.2) is 51.4 Å². The number of carbonyl (C=O) groups is 1. The smallest absolute Gasteiger partial charge is 0.227 e. The minimum absolute atomic E-state index is 0.206. The maximum Gasteiger partial charge on any atom is 0.227 e. The molecule has 1 aliphatic carbocycles. The zero-order valence-electron chi connectivity index (χ0n) is 20.8. The summed E-state index contributed by atoms with van der Waals surface area (Å²) in [6, 6.07) is 8.62. The van der Waals surface area contributed by atoms with E-state index in [0.29, 0.717) is 12.5 Å². The SMILES string of the molecule is O=C1CCCN1c1ccc2nc(Nc3cc(CN4CCCCC4)nc(NC4CCCCC4)n3)sc2c1. The Balaban J connectivity index is 1.24. The van der Waals surface area contributed by atoms with Crippen molar-refractivity contribution in [2.24, 2.45) is 0 Å². The Morgan fingerprint density at radius 3 is 2.56 bits per heavy atom. The molecule has 6 rings (SSSR count). The van der Waals surface area contributed by atoms with Crippen molar-refractivity contribution in [3.8, 4) is 0 Å². The van der Waals surface area contributed by atoms with E-state index in [1.165, 1.54) is 51.4 Å². The molecule has 2 N–H and O–H groups in total. The number of anilines is 4. The summed E-state index contributed by atoms with van der Waals surface area (Å²) in [4.78, 5) is 31.1. The molecule has 0 bridgehead atoms. The predicted molar refractivity (Wildman–Crippen MR) is 146 cm³/mol. The van der Waals surface area contributed by atoms with Gasteiger partial charge in [-0.25, -0.2) is 9.97 Å². The molecule has 190 valence electrons. The second-order valence-electron chi connectivity index (χ2n) is 10.3. The molecule has 0 unspecified atom stereocenters. The van der Waals surface area contributed by atoms with Crippen LogP contribution in [0.3, 0.4) is 0 Å². The molecule has 9 heteroatoms. The summed E-state index contributed by atoms with van der Waals surface area (Å²) in [5.74, 6) is 1.71.